The van der Waals surface area contributed by atoms with Crippen LogP contribution in [0.2, 0.25) is 0 Å². The average molecular weight is 350 g/mol. The van der Waals surface area contributed by atoms with Gasteiger partial charge in [-0.25, -0.2) is 9.59 Å². The molecule has 0 heterocycles. The Labute approximate surface area is 150 Å². The van der Waals surface area contributed by atoms with Crippen molar-refractivity contribution >= 4 is 17.7 Å². The highest BCUT2D eigenvalue weighted by atomic mass is 16.6. The van der Waals surface area contributed by atoms with Crippen LogP contribution in [0.1, 0.15) is 40.2 Å². The maximum atomic E-state index is 12.3. The Bertz CT molecular complexity index is 574. The summed E-state index contributed by atoms with van der Waals surface area (Å²) in [7, 11) is 3.92. The number of carbonyl (C=O) groups excluding carboxylic acids is 2. The summed E-state index contributed by atoms with van der Waals surface area (Å²) in [6, 6.07) is 6.99. The van der Waals surface area contributed by atoms with E-state index in [1.165, 1.54) is 0 Å². The average Bonchev–Trinajstić information content (AvgIpc) is 2.44. The van der Waals surface area contributed by atoms with Gasteiger partial charge in [0, 0.05) is 26.2 Å². The third-order valence-electron chi connectivity index (χ3n) is 3.22. The first-order valence-electron chi connectivity index (χ1n) is 8.44. The van der Waals surface area contributed by atoms with Gasteiger partial charge in [-0.1, -0.05) is 12.1 Å². The van der Waals surface area contributed by atoms with Crippen LogP contribution in [-0.4, -0.2) is 43.9 Å². The van der Waals surface area contributed by atoms with E-state index in [0.29, 0.717) is 6.42 Å². The first-order valence-corrected chi connectivity index (χ1v) is 8.44. The molecule has 0 fully saturated rings. The highest BCUT2D eigenvalue weighted by Crippen LogP contribution is 2.15. The van der Waals surface area contributed by atoms with Crippen LogP contribution in [0.4, 0.5) is 10.5 Å². The zero-order chi connectivity index (χ0) is 19.2. The van der Waals surface area contributed by atoms with Crippen molar-refractivity contribution in [3.05, 3.63) is 29.8 Å². The Morgan fingerprint density at radius 1 is 1.12 bits per heavy atom. The lowest BCUT2D eigenvalue weighted by atomic mass is 10.1. The van der Waals surface area contributed by atoms with Crippen LogP contribution in [0.25, 0.3) is 0 Å². The Kier molecular flexibility index (Phi) is 7.27. The van der Waals surface area contributed by atoms with E-state index >= 15 is 0 Å². The van der Waals surface area contributed by atoms with Gasteiger partial charge in [-0.2, -0.15) is 0 Å². The van der Waals surface area contributed by atoms with Gasteiger partial charge < -0.3 is 19.7 Å². The molecule has 1 rings (SSSR count). The summed E-state index contributed by atoms with van der Waals surface area (Å²) in [5, 5.41) is 2.62. The Morgan fingerprint density at radius 2 is 1.68 bits per heavy atom. The van der Waals surface area contributed by atoms with Crippen molar-refractivity contribution in [3.8, 4) is 0 Å². The van der Waals surface area contributed by atoms with Crippen molar-refractivity contribution in [2.75, 3.05) is 19.0 Å². The molecule has 25 heavy (non-hydrogen) atoms. The van der Waals surface area contributed by atoms with Crippen molar-refractivity contribution in [1.82, 2.24) is 5.32 Å². The number of rotatable bonds is 6. The highest BCUT2D eigenvalue weighted by molar-refractivity contribution is 5.82. The fourth-order valence-corrected chi connectivity index (χ4v) is 2.12. The minimum Gasteiger partial charge on any atom is -0.461 e. The molecule has 0 saturated carbocycles. The van der Waals surface area contributed by atoms with E-state index in [4.69, 9.17) is 9.47 Å². The van der Waals surface area contributed by atoms with Gasteiger partial charge in [0.05, 0.1) is 6.10 Å². The molecule has 0 aromatic heterocycles. The van der Waals surface area contributed by atoms with Crippen LogP contribution >= 0.6 is 0 Å². The fourth-order valence-electron chi connectivity index (χ4n) is 2.12. The molecule has 6 heteroatoms. The monoisotopic (exact) mass is 350 g/mol. The Hall–Kier alpha value is -2.24. The SMILES string of the molecule is CC(C)OC(=O)[C@@H](Cc1ccc(N(C)C)cc1)NC(=O)OC(C)(C)C. The standard InChI is InChI=1S/C19H30N2O4/c1-13(2)24-17(22)16(20-18(23)25-19(3,4)5)12-14-8-10-15(11-9-14)21(6)7/h8-11,13,16H,12H2,1-7H3,(H,20,23)/t16-/m1/s1. The number of ether oxygens (including phenoxy) is 2. The second kappa shape index (κ2) is 8.74. The van der Waals surface area contributed by atoms with Gasteiger partial charge in [0.25, 0.3) is 0 Å². The number of hydrogen-bond donors (Lipinski definition) is 1. The first kappa shape index (κ1) is 20.8. The maximum Gasteiger partial charge on any atom is 0.408 e. The van der Waals surface area contributed by atoms with Crippen LogP contribution in [0.3, 0.4) is 0 Å². The molecule has 0 aliphatic carbocycles. The van der Waals surface area contributed by atoms with Gasteiger partial charge in [0.2, 0.25) is 0 Å². The van der Waals surface area contributed by atoms with Gasteiger partial charge in [-0.05, 0) is 52.3 Å². The van der Waals surface area contributed by atoms with Crippen molar-refractivity contribution in [2.45, 2.75) is 58.8 Å². The Balaban J connectivity index is 2.86. The molecule has 0 spiro atoms. The molecular formula is C19H30N2O4. The summed E-state index contributed by atoms with van der Waals surface area (Å²) in [5.74, 6) is -0.474. The molecule has 0 bridgehead atoms. The number of carbonyl (C=O) groups is 2. The molecule has 1 amide bonds. The summed E-state index contributed by atoms with van der Waals surface area (Å²) >= 11 is 0. The third-order valence-corrected chi connectivity index (χ3v) is 3.22. The maximum absolute atomic E-state index is 12.3. The molecule has 1 atom stereocenters. The van der Waals surface area contributed by atoms with Crippen LogP contribution in [-0.2, 0) is 20.7 Å². The lowest BCUT2D eigenvalue weighted by molar-refractivity contribution is -0.149. The molecule has 0 aliphatic rings. The molecular weight excluding hydrogens is 320 g/mol. The number of anilines is 1. The molecule has 140 valence electrons. The molecule has 6 nitrogen and oxygen atoms in total. The van der Waals surface area contributed by atoms with E-state index in [-0.39, 0.29) is 6.10 Å². The third kappa shape index (κ3) is 7.92. The Morgan fingerprint density at radius 3 is 2.12 bits per heavy atom. The van der Waals surface area contributed by atoms with Gasteiger partial charge >= 0.3 is 12.1 Å². The first-order chi connectivity index (χ1) is 11.5. The summed E-state index contributed by atoms with van der Waals surface area (Å²) < 4.78 is 10.5. The second-order valence-electron chi connectivity index (χ2n) is 7.45. The van der Waals surface area contributed by atoms with Crippen LogP contribution < -0.4 is 10.2 Å². The predicted octanol–water partition coefficient (Wildman–Crippen LogP) is 3.14. The van der Waals surface area contributed by atoms with E-state index in [9.17, 15) is 9.59 Å². The minimum atomic E-state index is -0.803. The van der Waals surface area contributed by atoms with E-state index in [1.807, 2.05) is 43.3 Å². The molecule has 0 radical (unpaired) electrons. The van der Waals surface area contributed by atoms with Gasteiger partial charge in [0.1, 0.15) is 11.6 Å². The van der Waals surface area contributed by atoms with Crippen molar-refractivity contribution in [2.24, 2.45) is 0 Å². The number of alkyl carbamates (subject to hydrolysis) is 1. The number of amides is 1. The van der Waals surface area contributed by atoms with Gasteiger partial charge in [-0.15, -0.1) is 0 Å². The largest absolute Gasteiger partial charge is 0.461 e. The van der Waals surface area contributed by atoms with Crippen LogP contribution in [0, 0.1) is 0 Å². The van der Waals surface area contributed by atoms with E-state index in [0.717, 1.165) is 11.3 Å². The van der Waals surface area contributed by atoms with Crippen LogP contribution in [0.5, 0.6) is 0 Å². The quantitative estimate of drug-likeness (QED) is 0.798. The predicted molar refractivity (Wildman–Crippen MR) is 98.9 cm³/mol. The topological polar surface area (TPSA) is 67.9 Å². The molecule has 1 aromatic carbocycles. The summed E-state index contributed by atoms with van der Waals surface area (Å²) in [6.45, 7) is 8.86. The lowest BCUT2D eigenvalue weighted by Gasteiger charge is -2.23. The highest BCUT2D eigenvalue weighted by Gasteiger charge is 2.26. The number of nitrogens with one attached hydrogen (secondary N) is 1. The van der Waals surface area contributed by atoms with E-state index in [1.54, 1.807) is 34.6 Å². The smallest absolute Gasteiger partial charge is 0.408 e. The zero-order valence-corrected chi connectivity index (χ0v) is 16.3. The van der Waals surface area contributed by atoms with Crippen molar-refractivity contribution in [3.63, 3.8) is 0 Å². The number of nitrogens with zero attached hydrogens (tertiary/aromatic N) is 1. The summed E-state index contributed by atoms with van der Waals surface area (Å²) in [4.78, 5) is 26.4. The molecule has 1 N–H and O–H groups in total. The van der Waals surface area contributed by atoms with Crippen LogP contribution in [0.15, 0.2) is 24.3 Å². The van der Waals surface area contributed by atoms with Crippen molar-refractivity contribution < 1.29 is 19.1 Å². The van der Waals surface area contributed by atoms with Crippen molar-refractivity contribution in [1.29, 1.82) is 0 Å². The fraction of sp³-hybridized carbons (Fsp3) is 0.579. The van der Waals surface area contributed by atoms with Gasteiger partial charge in [0.15, 0.2) is 0 Å². The zero-order valence-electron chi connectivity index (χ0n) is 16.3. The lowest BCUT2D eigenvalue weighted by Crippen LogP contribution is -2.46. The van der Waals surface area contributed by atoms with E-state index < -0.39 is 23.7 Å². The number of benzene rings is 1. The number of hydrogen-bond acceptors (Lipinski definition) is 5. The second-order valence-corrected chi connectivity index (χ2v) is 7.45. The molecule has 0 unspecified atom stereocenters. The minimum absolute atomic E-state index is 0.258. The molecule has 0 saturated heterocycles. The normalized spacial score (nSPS) is 12.5. The molecule has 0 aliphatic heterocycles. The summed E-state index contributed by atoms with van der Waals surface area (Å²) in [5.41, 5.74) is 1.35. The number of esters is 1. The molecule has 1 aromatic rings. The van der Waals surface area contributed by atoms with Gasteiger partial charge in [-0.3, -0.25) is 0 Å². The van der Waals surface area contributed by atoms with E-state index in [2.05, 4.69) is 5.32 Å². The summed E-state index contributed by atoms with van der Waals surface area (Å²) in [6.07, 6.45) is -0.562.